The van der Waals surface area contributed by atoms with E-state index in [2.05, 4.69) is 10.2 Å². The lowest BCUT2D eigenvalue weighted by atomic mass is 10.2. The summed E-state index contributed by atoms with van der Waals surface area (Å²) in [5.74, 6) is 0.889. The van der Waals surface area contributed by atoms with E-state index in [1.165, 1.54) is 12.1 Å². The number of aryl methyl sites for hydroxylation is 1. The van der Waals surface area contributed by atoms with E-state index >= 15 is 0 Å². The van der Waals surface area contributed by atoms with E-state index < -0.39 is 9.84 Å². The molecule has 0 bridgehead atoms. The van der Waals surface area contributed by atoms with Crippen LogP contribution >= 0.6 is 0 Å². The normalized spacial score (nSPS) is 11.6. The Labute approximate surface area is 133 Å². The topological polar surface area (TPSA) is 64.8 Å². The van der Waals surface area contributed by atoms with Crippen molar-refractivity contribution >= 4 is 9.84 Å². The van der Waals surface area contributed by atoms with Gasteiger partial charge in [-0.1, -0.05) is 0 Å². The highest BCUT2D eigenvalue weighted by Gasteiger charge is 2.14. The first-order valence-electron chi connectivity index (χ1n) is 6.85. The Balaban J connectivity index is 2.10. The molecule has 0 spiro atoms. The van der Waals surface area contributed by atoms with Crippen LogP contribution in [0.3, 0.4) is 0 Å². The maximum atomic E-state index is 13.1. The minimum absolute atomic E-state index is 0.246. The van der Waals surface area contributed by atoms with Gasteiger partial charge in [0.25, 0.3) is 0 Å². The summed E-state index contributed by atoms with van der Waals surface area (Å²) < 4.78 is 38.0. The summed E-state index contributed by atoms with van der Waals surface area (Å²) in [7, 11) is -3.25. The molecule has 0 N–H and O–H groups in total. The molecule has 118 valence electrons. The Bertz CT molecular complexity index is 946. The molecule has 2 aromatic carbocycles. The van der Waals surface area contributed by atoms with Crippen molar-refractivity contribution < 1.29 is 12.8 Å². The maximum Gasteiger partial charge on any atom is 0.175 e. The fourth-order valence-electron chi connectivity index (χ4n) is 2.30. The highest BCUT2D eigenvalue weighted by molar-refractivity contribution is 7.90. The highest BCUT2D eigenvalue weighted by Crippen LogP contribution is 2.23. The number of halogens is 1. The van der Waals surface area contributed by atoms with Crippen molar-refractivity contribution in [1.29, 1.82) is 0 Å². The van der Waals surface area contributed by atoms with Crippen LogP contribution in [0.5, 0.6) is 0 Å². The van der Waals surface area contributed by atoms with Crippen molar-refractivity contribution in [2.45, 2.75) is 11.8 Å². The second kappa shape index (κ2) is 5.58. The van der Waals surface area contributed by atoms with Crippen LogP contribution in [0.4, 0.5) is 4.39 Å². The van der Waals surface area contributed by atoms with E-state index in [-0.39, 0.29) is 10.7 Å². The standard InChI is InChI=1S/C16H14FN3O2S/c1-11-18-19-16(12-3-5-13(17)6-4-12)20(11)14-7-9-15(10-8-14)23(2,21)22/h3-10H,1-2H3. The van der Waals surface area contributed by atoms with Gasteiger partial charge in [0.05, 0.1) is 4.90 Å². The molecule has 1 heterocycles. The van der Waals surface area contributed by atoms with Gasteiger partial charge in [0.15, 0.2) is 15.7 Å². The largest absolute Gasteiger partial charge is 0.279 e. The summed E-state index contributed by atoms with van der Waals surface area (Å²) in [5, 5.41) is 8.20. The van der Waals surface area contributed by atoms with Crippen molar-refractivity contribution in [3.05, 3.63) is 60.2 Å². The van der Waals surface area contributed by atoms with Gasteiger partial charge in [-0.05, 0) is 55.5 Å². The van der Waals surface area contributed by atoms with Crippen LogP contribution in [-0.4, -0.2) is 29.4 Å². The minimum atomic E-state index is -3.25. The molecule has 23 heavy (non-hydrogen) atoms. The third-order valence-electron chi connectivity index (χ3n) is 3.45. The van der Waals surface area contributed by atoms with Gasteiger partial charge in [-0.25, -0.2) is 12.8 Å². The molecule has 0 fully saturated rings. The summed E-state index contributed by atoms with van der Waals surface area (Å²) in [4.78, 5) is 0.246. The average molecular weight is 331 g/mol. The SMILES string of the molecule is Cc1nnc(-c2ccc(F)cc2)n1-c1ccc(S(C)(=O)=O)cc1. The van der Waals surface area contributed by atoms with Crippen LogP contribution in [0.15, 0.2) is 53.4 Å². The molecule has 0 unspecified atom stereocenters. The van der Waals surface area contributed by atoms with Gasteiger partial charge in [0, 0.05) is 17.5 Å². The zero-order chi connectivity index (χ0) is 16.6. The Morgan fingerprint density at radius 3 is 2.13 bits per heavy atom. The van der Waals surface area contributed by atoms with E-state index in [9.17, 15) is 12.8 Å². The molecule has 0 saturated carbocycles. The average Bonchev–Trinajstić information content (AvgIpc) is 2.89. The van der Waals surface area contributed by atoms with E-state index in [4.69, 9.17) is 0 Å². The van der Waals surface area contributed by atoms with Gasteiger partial charge in [-0.2, -0.15) is 0 Å². The molecule has 3 rings (SSSR count). The number of benzene rings is 2. The number of hydrogen-bond acceptors (Lipinski definition) is 4. The lowest BCUT2D eigenvalue weighted by molar-refractivity contribution is 0.602. The Hall–Kier alpha value is -2.54. The van der Waals surface area contributed by atoms with Crippen molar-refractivity contribution in [3.8, 4) is 17.1 Å². The Morgan fingerprint density at radius 1 is 0.957 bits per heavy atom. The monoisotopic (exact) mass is 331 g/mol. The highest BCUT2D eigenvalue weighted by atomic mass is 32.2. The van der Waals surface area contributed by atoms with Crippen LogP contribution in [0, 0.1) is 12.7 Å². The van der Waals surface area contributed by atoms with Gasteiger partial charge in [0.2, 0.25) is 0 Å². The van der Waals surface area contributed by atoms with Crippen LogP contribution in [-0.2, 0) is 9.84 Å². The van der Waals surface area contributed by atoms with E-state index in [0.717, 1.165) is 17.5 Å². The second-order valence-electron chi connectivity index (χ2n) is 5.18. The van der Waals surface area contributed by atoms with Crippen molar-refractivity contribution in [2.75, 3.05) is 6.26 Å². The van der Waals surface area contributed by atoms with E-state index in [1.54, 1.807) is 47.9 Å². The smallest absolute Gasteiger partial charge is 0.175 e. The number of aromatic nitrogens is 3. The van der Waals surface area contributed by atoms with Crippen LogP contribution in [0.25, 0.3) is 17.1 Å². The summed E-state index contributed by atoms with van der Waals surface area (Å²) >= 11 is 0. The van der Waals surface area contributed by atoms with Crippen LogP contribution < -0.4 is 0 Å². The third kappa shape index (κ3) is 3.00. The lowest BCUT2D eigenvalue weighted by Crippen LogP contribution is -2.02. The molecular weight excluding hydrogens is 317 g/mol. The van der Waals surface area contributed by atoms with Gasteiger partial charge < -0.3 is 0 Å². The van der Waals surface area contributed by atoms with Gasteiger partial charge >= 0.3 is 0 Å². The zero-order valence-electron chi connectivity index (χ0n) is 12.6. The first-order chi connectivity index (χ1) is 10.9. The summed E-state index contributed by atoms with van der Waals surface area (Å²) in [5.41, 5.74) is 1.46. The van der Waals surface area contributed by atoms with Gasteiger partial charge in [-0.15, -0.1) is 10.2 Å². The number of nitrogens with zero attached hydrogens (tertiary/aromatic N) is 3. The number of rotatable bonds is 3. The quantitative estimate of drug-likeness (QED) is 0.740. The zero-order valence-corrected chi connectivity index (χ0v) is 13.4. The molecule has 0 amide bonds. The van der Waals surface area contributed by atoms with Crippen molar-refractivity contribution in [2.24, 2.45) is 0 Å². The molecule has 0 aliphatic rings. The van der Waals surface area contributed by atoms with Gasteiger partial charge in [0.1, 0.15) is 11.6 Å². The summed E-state index contributed by atoms with van der Waals surface area (Å²) in [6.45, 7) is 1.80. The first-order valence-corrected chi connectivity index (χ1v) is 8.74. The fraction of sp³-hybridized carbons (Fsp3) is 0.125. The molecule has 1 aromatic heterocycles. The Kier molecular flexibility index (Phi) is 3.73. The van der Waals surface area contributed by atoms with E-state index in [0.29, 0.717) is 11.6 Å². The lowest BCUT2D eigenvalue weighted by Gasteiger charge is -2.09. The number of hydrogen-bond donors (Lipinski definition) is 0. The predicted octanol–water partition coefficient (Wildman–Crippen LogP) is 2.79. The summed E-state index contributed by atoms with van der Waals surface area (Å²) in [6.07, 6.45) is 1.16. The Morgan fingerprint density at radius 2 is 1.57 bits per heavy atom. The maximum absolute atomic E-state index is 13.1. The molecule has 5 nitrogen and oxygen atoms in total. The molecule has 0 atom stereocenters. The molecule has 0 radical (unpaired) electrons. The number of sulfone groups is 1. The molecule has 0 aliphatic carbocycles. The van der Waals surface area contributed by atoms with Crippen LogP contribution in [0.2, 0.25) is 0 Å². The minimum Gasteiger partial charge on any atom is -0.279 e. The molecule has 0 aliphatic heterocycles. The molecular formula is C16H14FN3O2S. The van der Waals surface area contributed by atoms with Crippen LogP contribution in [0.1, 0.15) is 5.82 Å². The molecule has 0 saturated heterocycles. The first kappa shape index (κ1) is 15.4. The fourth-order valence-corrected chi connectivity index (χ4v) is 2.93. The third-order valence-corrected chi connectivity index (χ3v) is 4.58. The van der Waals surface area contributed by atoms with Crippen molar-refractivity contribution in [1.82, 2.24) is 14.8 Å². The molecule has 3 aromatic rings. The van der Waals surface area contributed by atoms with Crippen molar-refractivity contribution in [3.63, 3.8) is 0 Å². The molecule has 7 heteroatoms. The predicted molar refractivity (Wildman–Crippen MR) is 84.6 cm³/mol. The second-order valence-corrected chi connectivity index (χ2v) is 7.19. The van der Waals surface area contributed by atoms with Gasteiger partial charge in [-0.3, -0.25) is 4.57 Å². The van der Waals surface area contributed by atoms with E-state index in [1.807, 2.05) is 0 Å². The summed E-state index contributed by atoms with van der Waals surface area (Å²) in [6, 6.07) is 12.4.